The molecule has 1 heteroatoms. The van der Waals surface area contributed by atoms with E-state index in [0.717, 1.165) is 17.9 Å². The van der Waals surface area contributed by atoms with E-state index in [1.54, 1.807) is 6.92 Å². The lowest BCUT2D eigenvalue weighted by Gasteiger charge is -2.01. The Morgan fingerprint density at radius 1 is 1.36 bits per heavy atom. The third-order valence-electron chi connectivity index (χ3n) is 3.21. The van der Waals surface area contributed by atoms with Gasteiger partial charge in [0.15, 0.2) is 5.78 Å². The van der Waals surface area contributed by atoms with Gasteiger partial charge in [0.05, 0.1) is 0 Å². The van der Waals surface area contributed by atoms with Crippen molar-refractivity contribution in [3.8, 4) is 0 Å². The van der Waals surface area contributed by atoms with Crippen LogP contribution in [0.1, 0.15) is 41.8 Å². The summed E-state index contributed by atoms with van der Waals surface area (Å²) in [5.74, 6) is 0.972. The minimum absolute atomic E-state index is 0.174. The van der Waals surface area contributed by atoms with Crippen molar-refractivity contribution >= 4 is 5.78 Å². The van der Waals surface area contributed by atoms with Crippen LogP contribution in [0.4, 0.5) is 0 Å². The zero-order valence-corrected chi connectivity index (χ0v) is 8.84. The van der Waals surface area contributed by atoms with Crippen LogP contribution in [0.15, 0.2) is 18.2 Å². The van der Waals surface area contributed by atoms with Gasteiger partial charge in [0.2, 0.25) is 0 Å². The fourth-order valence-electron chi connectivity index (χ4n) is 2.22. The van der Waals surface area contributed by atoms with Crippen LogP contribution in [0.5, 0.6) is 0 Å². The van der Waals surface area contributed by atoms with Crippen molar-refractivity contribution in [2.45, 2.75) is 33.1 Å². The number of hydrogen-bond acceptors (Lipinski definition) is 1. The van der Waals surface area contributed by atoms with E-state index < -0.39 is 0 Å². The summed E-state index contributed by atoms with van der Waals surface area (Å²) in [4.78, 5) is 11.2. The van der Waals surface area contributed by atoms with Crippen molar-refractivity contribution in [1.82, 2.24) is 0 Å². The summed E-state index contributed by atoms with van der Waals surface area (Å²) in [6, 6.07) is 6.16. The van der Waals surface area contributed by atoms with Gasteiger partial charge in [-0.15, -0.1) is 0 Å². The smallest absolute Gasteiger partial charge is 0.159 e. The molecule has 1 nitrogen and oxygen atoms in total. The van der Waals surface area contributed by atoms with Gasteiger partial charge in [0, 0.05) is 5.56 Å². The van der Waals surface area contributed by atoms with E-state index in [4.69, 9.17) is 0 Å². The number of fused-ring (bicyclic) bond motifs is 1. The topological polar surface area (TPSA) is 17.1 Å². The Labute approximate surface area is 85.1 Å². The third kappa shape index (κ3) is 1.59. The Kier molecular flexibility index (Phi) is 2.40. The summed E-state index contributed by atoms with van der Waals surface area (Å²) in [6.45, 7) is 3.87. The van der Waals surface area contributed by atoms with Gasteiger partial charge in [-0.25, -0.2) is 0 Å². The highest BCUT2D eigenvalue weighted by Gasteiger charge is 2.20. The average Bonchev–Trinajstić information content (AvgIpc) is 2.58. The SMILES string of the molecule is CC[C@H]1Cc2ccc(C(C)=O)cc2C1. The van der Waals surface area contributed by atoms with Crippen molar-refractivity contribution in [2.24, 2.45) is 5.92 Å². The fraction of sp³-hybridized carbons (Fsp3) is 0.462. The number of ketones is 1. The van der Waals surface area contributed by atoms with Crippen LogP contribution >= 0.6 is 0 Å². The van der Waals surface area contributed by atoms with Crippen LogP contribution in [-0.4, -0.2) is 5.78 Å². The molecule has 0 spiro atoms. The molecule has 1 aromatic carbocycles. The molecule has 0 saturated heterocycles. The first-order valence-corrected chi connectivity index (χ1v) is 5.33. The van der Waals surface area contributed by atoms with Crippen LogP contribution in [0.3, 0.4) is 0 Å². The van der Waals surface area contributed by atoms with E-state index in [1.807, 2.05) is 6.07 Å². The monoisotopic (exact) mass is 188 g/mol. The number of hydrogen-bond donors (Lipinski definition) is 0. The molecule has 1 aromatic rings. The minimum Gasteiger partial charge on any atom is -0.295 e. The lowest BCUT2D eigenvalue weighted by molar-refractivity contribution is 0.101. The molecule has 1 aliphatic carbocycles. The van der Waals surface area contributed by atoms with Gasteiger partial charge in [-0.3, -0.25) is 4.79 Å². The summed E-state index contributed by atoms with van der Waals surface area (Å²) in [6.07, 6.45) is 3.60. The van der Waals surface area contributed by atoms with Gasteiger partial charge < -0.3 is 0 Å². The predicted molar refractivity (Wildman–Crippen MR) is 57.6 cm³/mol. The van der Waals surface area contributed by atoms with E-state index in [0.29, 0.717) is 0 Å². The van der Waals surface area contributed by atoms with Crippen molar-refractivity contribution in [3.63, 3.8) is 0 Å². The summed E-state index contributed by atoms with van der Waals surface area (Å²) >= 11 is 0. The zero-order valence-electron chi connectivity index (χ0n) is 8.84. The van der Waals surface area contributed by atoms with Crippen molar-refractivity contribution < 1.29 is 4.79 Å². The molecule has 1 aliphatic rings. The minimum atomic E-state index is 0.174. The maximum Gasteiger partial charge on any atom is 0.159 e. The summed E-state index contributed by atoms with van der Waals surface area (Å²) in [5.41, 5.74) is 3.70. The maximum atomic E-state index is 11.2. The number of carbonyl (C=O) groups excluding carboxylic acids is 1. The quantitative estimate of drug-likeness (QED) is 0.652. The lowest BCUT2D eigenvalue weighted by atomic mass is 10.0. The highest BCUT2D eigenvalue weighted by Crippen LogP contribution is 2.29. The predicted octanol–water partition coefficient (Wildman–Crippen LogP) is 3.01. The summed E-state index contributed by atoms with van der Waals surface area (Å²) in [7, 11) is 0. The molecule has 0 unspecified atom stereocenters. The van der Waals surface area contributed by atoms with E-state index >= 15 is 0 Å². The molecule has 2 rings (SSSR count). The molecule has 0 aromatic heterocycles. The van der Waals surface area contributed by atoms with Gasteiger partial charge >= 0.3 is 0 Å². The molecule has 0 heterocycles. The van der Waals surface area contributed by atoms with E-state index in [-0.39, 0.29) is 5.78 Å². The molecular formula is C13H16O. The molecular weight excluding hydrogens is 172 g/mol. The highest BCUT2D eigenvalue weighted by atomic mass is 16.1. The van der Waals surface area contributed by atoms with E-state index in [2.05, 4.69) is 19.1 Å². The Morgan fingerprint density at radius 3 is 2.71 bits per heavy atom. The van der Waals surface area contributed by atoms with Crippen LogP contribution < -0.4 is 0 Å². The zero-order chi connectivity index (χ0) is 10.1. The first-order valence-electron chi connectivity index (χ1n) is 5.33. The summed E-state index contributed by atoms with van der Waals surface area (Å²) in [5, 5.41) is 0. The van der Waals surface area contributed by atoms with Gasteiger partial charge in [-0.05, 0) is 42.9 Å². The van der Waals surface area contributed by atoms with E-state index in [1.165, 1.54) is 24.0 Å². The van der Waals surface area contributed by atoms with Gasteiger partial charge in [0.25, 0.3) is 0 Å². The van der Waals surface area contributed by atoms with Crippen LogP contribution in [0.2, 0.25) is 0 Å². The average molecular weight is 188 g/mol. The molecule has 0 fully saturated rings. The highest BCUT2D eigenvalue weighted by molar-refractivity contribution is 5.94. The number of Topliss-reactive ketones (excluding diaryl/α,β-unsaturated/α-hetero) is 1. The molecule has 0 aliphatic heterocycles. The Morgan fingerprint density at radius 2 is 2.07 bits per heavy atom. The largest absolute Gasteiger partial charge is 0.295 e. The first kappa shape index (κ1) is 9.45. The molecule has 0 saturated carbocycles. The second kappa shape index (κ2) is 3.56. The molecule has 74 valence electrons. The van der Waals surface area contributed by atoms with Crippen LogP contribution in [0.25, 0.3) is 0 Å². The van der Waals surface area contributed by atoms with Gasteiger partial charge in [0.1, 0.15) is 0 Å². The summed E-state index contributed by atoms with van der Waals surface area (Å²) < 4.78 is 0. The van der Waals surface area contributed by atoms with Crippen molar-refractivity contribution in [3.05, 3.63) is 34.9 Å². The van der Waals surface area contributed by atoms with Crippen molar-refractivity contribution in [2.75, 3.05) is 0 Å². The van der Waals surface area contributed by atoms with E-state index in [9.17, 15) is 4.79 Å². The van der Waals surface area contributed by atoms with Gasteiger partial charge in [-0.1, -0.05) is 25.5 Å². The van der Waals surface area contributed by atoms with Crippen LogP contribution in [-0.2, 0) is 12.8 Å². The number of benzene rings is 1. The number of carbonyl (C=O) groups is 1. The Balaban J connectivity index is 2.31. The molecule has 0 radical (unpaired) electrons. The third-order valence-corrected chi connectivity index (χ3v) is 3.21. The Hall–Kier alpha value is -1.11. The molecule has 1 atom stereocenters. The molecule has 0 N–H and O–H groups in total. The Bertz CT molecular complexity index is 365. The second-order valence-corrected chi connectivity index (χ2v) is 4.22. The molecule has 0 amide bonds. The maximum absolute atomic E-state index is 11.2. The standard InChI is InChI=1S/C13H16O/c1-3-10-6-12-5-4-11(9(2)14)8-13(12)7-10/h4-5,8,10H,3,6-7H2,1-2H3/t10-/m0/s1. The van der Waals surface area contributed by atoms with Crippen molar-refractivity contribution in [1.29, 1.82) is 0 Å². The van der Waals surface area contributed by atoms with Crippen LogP contribution in [0, 0.1) is 5.92 Å². The number of rotatable bonds is 2. The first-order chi connectivity index (χ1) is 6.70. The molecule has 14 heavy (non-hydrogen) atoms. The lowest BCUT2D eigenvalue weighted by Crippen LogP contribution is -1.95. The second-order valence-electron chi connectivity index (χ2n) is 4.22. The molecule has 0 bridgehead atoms. The van der Waals surface area contributed by atoms with Gasteiger partial charge in [-0.2, -0.15) is 0 Å². The fourth-order valence-corrected chi connectivity index (χ4v) is 2.22. The normalized spacial score (nSPS) is 19.4.